The van der Waals surface area contributed by atoms with Gasteiger partial charge in [-0.1, -0.05) is 37.3 Å². The van der Waals surface area contributed by atoms with Crippen molar-refractivity contribution >= 4 is 5.78 Å². The van der Waals surface area contributed by atoms with E-state index in [2.05, 4.69) is 23.8 Å². The summed E-state index contributed by atoms with van der Waals surface area (Å²) in [7, 11) is 2.07. The SMILES string of the molecule is CCN1CCCC1CN(C)C(C)C(=O)c1ccccc1. The van der Waals surface area contributed by atoms with Gasteiger partial charge in [-0.2, -0.15) is 0 Å². The molecule has 1 fully saturated rings. The van der Waals surface area contributed by atoms with Crippen molar-refractivity contribution < 1.29 is 4.79 Å². The number of hydrogen-bond acceptors (Lipinski definition) is 3. The molecule has 1 aliphatic heterocycles. The van der Waals surface area contributed by atoms with E-state index in [1.54, 1.807) is 0 Å². The number of likely N-dealkylation sites (tertiary alicyclic amines) is 1. The number of carbonyl (C=O) groups excluding carboxylic acids is 1. The normalized spacial score (nSPS) is 21.3. The lowest BCUT2D eigenvalue weighted by Crippen LogP contribution is -2.44. The standard InChI is InChI=1S/C17H26N2O/c1-4-19-12-8-11-16(19)13-18(3)14(2)17(20)15-9-6-5-7-10-15/h5-7,9-10,14,16H,4,8,11-13H2,1-3H3. The number of carbonyl (C=O) groups is 1. The Morgan fingerprint density at radius 1 is 1.40 bits per heavy atom. The van der Waals surface area contributed by atoms with Gasteiger partial charge in [0.25, 0.3) is 0 Å². The van der Waals surface area contributed by atoms with Crippen LogP contribution in [-0.4, -0.2) is 54.3 Å². The minimum Gasteiger partial charge on any atom is -0.299 e. The Kier molecular flexibility index (Phi) is 5.32. The number of nitrogens with zero attached hydrogens (tertiary/aromatic N) is 2. The van der Waals surface area contributed by atoms with Crippen molar-refractivity contribution in [2.45, 2.75) is 38.8 Å². The molecule has 1 aliphatic rings. The third-order valence-electron chi connectivity index (χ3n) is 4.50. The molecule has 1 heterocycles. The summed E-state index contributed by atoms with van der Waals surface area (Å²) in [5.41, 5.74) is 0.811. The summed E-state index contributed by atoms with van der Waals surface area (Å²) in [6.07, 6.45) is 2.54. The first-order valence-electron chi connectivity index (χ1n) is 7.67. The lowest BCUT2D eigenvalue weighted by Gasteiger charge is -2.30. The van der Waals surface area contributed by atoms with Gasteiger partial charge in [0.05, 0.1) is 6.04 Å². The molecule has 2 atom stereocenters. The van der Waals surface area contributed by atoms with Gasteiger partial charge in [-0.15, -0.1) is 0 Å². The van der Waals surface area contributed by atoms with Crippen LogP contribution in [0, 0.1) is 0 Å². The van der Waals surface area contributed by atoms with E-state index in [9.17, 15) is 4.79 Å². The Morgan fingerprint density at radius 3 is 2.75 bits per heavy atom. The number of Topliss-reactive ketones (excluding diaryl/α,β-unsaturated/α-hetero) is 1. The topological polar surface area (TPSA) is 23.6 Å². The smallest absolute Gasteiger partial charge is 0.179 e. The van der Waals surface area contributed by atoms with Gasteiger partial charge in [0, 0.05) is 18.2 Å². The molecular weight excluding hydrogens is 248 g/mol. The van der Waals surface area contributed by atoms with Gasteiger partial charge in [0.15, 0.2) is 5.78 Å². The number of hydrogen-bond donors (Lipinski definition) is 0. The molecule has 1 aromatic rings. The number of benzene rings is 1. The highest BCUT2D eigenvalue weighted by Crippen LogP contribution is 2.18. The molecule has 0 N–H and O–H groups in total. The molecule has 0 amide bonds. The van der Waals surface area contributed by atoms with Crippen LogP contribution in [0.4, 0.5) is 0 Å². The van der Waals surface area contributed by atoms with Crippen molar-refractivity contribution in [3.8, 4) is 0 Å². The van der Waals surface area contributed by atoms with Crippen LogP contribution in [0.25, 0.3) is 0 Å². The molecule has 1 aromatic carbocycles. The summed E-state index contributed by atoms with van der Waals surface area (Å²) >= 11 is 0. The van der Waals surface area contributed by atoms with Crippen LogP contribution in [0.1, 0.15) is 37.0 Å². The quantitative estimate of drug-likeness (QED) is 0.745. The van der Waals surface area contributed by atoms with Crippen LogP contribution < -0.4 is 0 Å². The number of likely N-dealkylation sites (N-methyl/N-ethyl adjacent to an activating group) is 2. The molecule has 0 radical (unpaired) electrons. The summed E-state index contributed by atoms with van der Waals surface area (Å²) in [5, 5.41) is 0. The maximum absolute atomic E-state index is 12.5. The maximum Gasteiger partial charge on any atom is 0.179 e. The fourth-order valence-electron chi connectivity index (χ4n) is 3.05. The molecular formula is C17H26N2O. The summed E-state index contributed by atoms with van der Waals surface area (Å²) < 4.78 is 0. The molecule has 2 unspecified atom stereocenters. The van der Waals surface area contributed by atoms with Gasteiger partial charge in [-0.25, -0.2) is 0 Å². The summed E-state index contributed by atoms with van der Waals surface area (Å²) in [6, 6.07) is 10.2. The first-order valence-corrected chi connectivity index (χ1v) is 7.67. The van der Waals surface area contributed by atoms with Crippen molar-refractivity contribution in [2.24, 2.45) is 0 Å². The zero-order valence-corrected chi connectivity index (χ0v) is 12.9. The minimum absolute atomic E-state index is 0.0586. The van der Waals surface area contributed by atoms with E-state index in [1.165, 1.54) is 19.4 Å². The molecule has 0 aliphatic carbocycles. The van der Waals surface area contributed by atoms with Gasteiger partial charge in [0.1, 0.15) is 0 Å². The molecule has 0 aromatic heterocycles. The van der Waals surface area contributed by atoms with Crippen LogP contribution in [0.5, 0.6) is 0 Å². The second-order valence-corrected chi connectivity index (χ2v) is 5.77. The Bertz CT molecular complexity index is 432. The zero-order chi connectivity index (χ0) is 14.5. The van der Waals surface area contributed by atoms with Crippen LogP contribution in [0.15, 0.2) is 30.3 Å². The fourth-order valence-corrected chi connectivity index (χ4v) is 3.05. The van der Waals surface area contributed by atoms with E-state index >= 15 is 0 Å². The monoisotopic (exact) mass is 274 g/mol. The molecule has 0 saturated carbocycles. The fraction of sp³-hybridized carbons (Fsp3) is 0.588. The Hall–Kier alpha value is -1.19. The van der Waals surface area contributed by atoms with Crippen molar-refractivity contribution in [3.05, 3.63) is 35.9 Å². The lowest BCUT2D eigenvalue weighted by atomic mass is 10.0. The Balaban J connectivity index is 1.95. The summed E-state index contributed by atoms with van der Waals surface area (Å²) in [6.45, 7) is 7.53. The molecule has 3 heteroatoms. The Morgan fingerprint density at radius 2 is 2.10 bits per heavy atom. The molecule has 1 saturated heterocycles. The Labute approximate surface area is 122 Å². The first kappa shape index (κ1) is 15.2. The van der Waals surface area contributed by atoms with E-state index in [-0.39, 0.29) is 11.8 Å². The number of ketones is 1. The average Bonchev–Trinajstić information content (AvgIpc) is 2.93. The predicted octanol–water partition coefficient (Wildman–Crippen LogP) is 2.67. The van der Waals surface area contributed by atoms with Crippen LogP contribution in [0.3, 0.4) is 0 Å². The van der Waals surface area contributed by atoms with Gasteiger partial charge >= 0.3 is 0 Å². The second kappa shape index (κ2) is 7.00. The van der Waals surface area contributed by atoms with Gasteiger partial charge < -0.3 is 0 Å². The van der Waals surface area contributed by atoms with Gasteiger partial charge in [0.2, 0.25) is 0 Å². The lowest BCUT2D eigenvalue weighted by molar-refractivity contribution is 0.0836. The van der Waals surface area contributed by atoms with E-state index in [0.717, 1.165) is 18.7 Å². The molecule has 2 rings (SSSR count). The number of rotatable bonds is 6. The van der Waals surface area contributed by atoms with Crippen molar-refractivity contribution in [2.75, 3.05) is 26.7 Å². The highest BCUT2D eigenvalue weighted by molar-refractivity contribution is 5.99. The molecule has 0 spiro atoms. The van der Waals surface area contributed by atoms with Gasteiger partial charge in [-0.05, 0) is 39.9 Å². The summed E-state index contributed by atoms with van der Waals surface area (Å²) in [5.74, 6) is 0.217. The van der Waals surface area contributed by atoms with Crippen LogP contribution in [-0.2, 0) is 0 Å². The zero-order valence-electron chi connectivity index (χ0n) is 12.9. The first-order chi connectivity index (χ1) is 9.63. The molecule has 20 heavy (non-hydrogen) atoms. The van der Waals surface area contributed by atoms with E-state index in [1.807, 2.05) is 37.3 Å². The average molecular weight is 274 g/mol. The van der Waals surface area contributed by atoms with Crippen molar-refractivity contribution in [3.63, 3.8) is 0 Å². The molecule has 110 valence electrons. The highest BCUT2D eigenvalue weighted by Gasteiger charge is 2.27. The van der Waals surface area contributed by atoms with E-state index in [4.69, 9.17) is 0 Å². The maximum atomic E-state index is 12.5. The second-order valence-electron chi connectivity index (χ2n) is 5.77. The third-order valence-corrected chi connectivity index (χ3v) is 4.50. The van der Waals surface area contributed by atoms with E-state index in [0.29, 0.717) is 6.04 Å². The van der Waals surface area contributed by atoms with Crippen molar-refractivity contribution in [1.29, 1.82) is 0 Å². The van der Waals surface area contributed by atoms with Gasteiger partial charge in [-0.3, -0.25) is 14.6 Å². The third kappa shape index (κ3) is 3.47. The van der Waals surface area contributed by atoms with E-state index < -0.39 is 0 Å². The highest BCUT2D eigenvalue weighted by atomic mass is 16.1. The summed E-state index contributed by atoms with van der Waals surface area (Å²) in [4.78, 5) is 17.2. The molecule has 3 nitrogen and oxygen atoms in total. The van der Waals surface area contributed by atoms with Crippen molar-refractivity contribution in [1.82, 2.24) is 9.80 Å². The largest absolute Gasteiger partial charge is 0.299 e. The molecule has 0 bridgehead atoms. The van der Waals surface area contributed by atoms with Crippen LogP contribution >= 0.6 is 0 Å². The minimum atomic E-state index is -0.0586. The predicted molar refractivity (Wildman–Crippen MR) is 83.1 cm³/mol. The van der Waals surface area contributed by atoms with Crippen LogP contribution in [0.2, 0.25) is 0 Å².